The Kier molecular flexibility index (Phi) is 1.32. The van der Waals surface area contributed by atoms with E-state index in [9.17, 15) is 4.79 Å². The van der Waals surface area contributed by atoms with Gasteiger partial charge in [-0.25, -0.2) is 4.79 Å². The monoisotopic (exact) mass is 210 g/mol. The first-order valence-corrected chi connectivity index (χ1v) is 3.06. The van der Waals surface area contributed by atoms with Gasteiger partial charge in [-0.3, -0.25) is 0 Å². The fourth-order valence-corrected chi connectivity index (χ4v) is 0.802. The zero-order valence-electron chi connectivity index (χ0n) is 3.43. The van der Waals surface area contributed by atoms with Gasteiger partial charge in [-0.1, -0.05) is 0 Å². The number of hydrogen-bond donors (Lipinski definition) is 0. The molecule has 38 valence electrons. The lowest BCUT2D eigenvalue weighted by molar-refractivity contribution is -0.135. The van der Waals surface area contributed by atoms with Crippen LogP contribution in [-0.4, -0.2) is 10.1 Å². The third-order valence-electron chi connectivity index (χ3n) is 0.612. The van der Waals surface area contributed by atoms with Crippen LogP contribution in [-0.2, 0) is 9.53 Å². The Morgan fingerprint density at radius 1 is 1.86 bits per heavy atom. The predicted molar refractivity (Wildman–Crippen MR) is 33.0 cm³/mol. The lowest BCUT2D eigenvalue weighted by atomic mass is 10.6. The Morgan fingerprint density at radius 3 is 2.71 bits per heavy atom. The van der Waals surface area contributed by atoms with E-state index in [1.807, 2.05) is 22.6 Å². The number of ether oxygens (including phenoxy) is 1. The summed E-state index contributed by atoms with van der Waals surface area (Å²) in [6, 6.07) is 0. The highest BCUT2D eigenvalue weighted by Gasteiger charge is 2.10. The number of cyclic esters (lactones) is 1. The van der Waals surface area contributed by atoms with Crippen molar-refractivity contribution in [3.8, 4) is 0 Å². The molecule has 0 aliphatic carbocycles. The van der Waals surface area contributed by atoms with Crippen LogP contribution in [0.4, 0.5) is 0 Å². The molecule has 2 nitrogen and oxygen atoms in total. The van der Waals surface area contributed by atoms with Gasteiger partial charge in [-0.15, -0.1) is 0 Å². The van der Waals surface area contributed by atoms with Crippen LogP contribution in [0.1, 0.15) is 0 Å². The Hall–Kier alpha value is -0.0600. The molecule has 0 N–H and O–H groups in total. The molecular formula is C4H3IO2. The minimum Gasteiger partial charge on any atom is -0.444 e. The van der Waals surface area contributed by atoms with Gasteiger partial charge in [0, 0.05) is 6.08 Å². The predicted octanol–water partition coefficient (Wildman–Crippen LogP) is 0.860. The number of hydrogen-bond acceptors (Lipinski definition) is 2. The van der Waals surface area contributed by atoms with Gasteiger partial charge in [0.2, 0.25) is 0 Å². The number of rotatable bonds is 0. The minimum absolute atomic E-state index is 0.0369. The van der Waals surface area contributed by atoms with Crippen LogP contribution in [0.2, 0.25) is 0 Å². The highest BCUT2D eigenvalue weighted by Crippen LogP contribution is 2.10. The Bertz CT molecular complexity index is 119. The number of halogens is 1. The van der Waals surface area contributed by atoms with Crippen molar-refractivity contribution in [2.24, 2.45) is 0 Å². The average Bonchev–Trinajstić information content (AvgIpc) is 1.87. The summed E-state index contributed by atoms with van der Waals surface area (Å²) in [5.74, 6) is -0.237. The van der Waals surface area contributed by atoms with Crippen LogP contribution in [0.3, 0.4) is 0 Å². The number of alkyl halides is 1. The smallest absolute Gasteiger partial charge is 0.331 e. The zero-order valence-corrected chi connectivity index (χ0v) is 5.58. The van der Waals surface area contributed by atoms with Crippen LogP contribution in [0.15, 0.2) is 12.2 Å². The lowest BCUT2D eigenvalue weighted by Gasteiger charge is -1.93. The van der Waals surface area contributed by atoms with Crippen LogP contribution < -0.4 is 0 Å². The molecule has 0 bridgehead atoms. The molecule has 7 heavy (non-hydrogen) atoms. The largest absolute Gasteiger partial charge is 0.444 e. The van der Waals surface area contributed by atoms with Crippen molar-refractivity contribution in [3.05, 3.63) is 12.2 Å². The van der Waals surface area contributed by atoms with Crippen LogP contribution in [0.25, 0.3) is 0 Å². The topological polar surface area (TPSA) is 26.3 Å². The van der Waals surface area contributed by atoms with E-state index in [1.54, 1.807) is 6.08 Å². The minimum atomic E-state index is -0.237. The number of carbonyl (C=O) groups excluding carboxylic acids is 1. The fourth-order valence-electron chi connectivity index (χ4n) is 0.344. The fraction of sp³-hybridized carbons (Fsp3) is 0.250. The summed E-state index contributed by atoms with van der Waals surface area (Å²) < 4.78 is 4.56. The molecule has 0 aromatic carbocycles. The van der Waals surface area contributed by atoms with E-state index in [2.05, 4.69) is 4.74 Å². The lowest BCUT2D eigenvalue weighted by Crippen LogP contribution is -1.96. The van der Waals surface area contributed by atoms with Gasteiger partial charge >= 0.3 is 5.97 Å². The van der Waals surface area contributed by atoms with Crippen molar-refractivity contribution < 1.29 is 9.53 Å². The van der Waals surface area contributed by atoms with Gasteiger partial charge in [0.1, 0.15) is 0 Å². The average molecular weight is 210 g/mol. The van der Waals surface area contributed by atoms with Crippen LogP contribution in [0.5, 0.6) is 0 Å². The summed E-state index contributed by atoms with van der Waals surface area (Å²) in [6.07, 6.45) is 3.14. The normalized spacial score (nSPS) is 28.1. The highest BCUT2D eigenvalue weighted by atomic mass is 127. The molecule has 1 heterocycles. The first kappa shape index (κ1) is 5.08. The standard InChI is InChI=1S/C4H3IO2/c5-3-1-2-4(6)7-3/h1-3H. The van der Waals surface area contributed by atoms with Crippen molar-refractivity contribution in [2.75, 3.05) is 0 Å². The summed E-state index contributed by atoms with van der Waals surface area (Å²) >= 11 is 2.02. The Labute approximate surface area is 54.7 Å². The molecular weight excluding hydrogens is 207 g/mol. The van der Waals surface area contributed by atoms with E-state index >= 15 is 0 Å². The van der Waals surface area contributed by atoms with E-state index in [0.717, 1.165) is 0 Å². The van der Waals surface area contributed by atoms with Gasteiger partial charge in [-0.05, 0) is 28.7 Å². The van der Waals surface area contributed by atoms with Gasteiger partial charge in [0.15, 0.2) is 4.11 Å². The molecule has 0 aromatic heterocycles. The van der Waals surface area contributed by atoms with Gasteiger partial charge in [-0.2, -0.15) is 0 Å². The molecule has 0 spiro atoms. The van der Waals surface area contributed by atoms with Crippen LogP contribution in [0, 0.1) is 0 Å². The van der Waals surface area contributed by atoms with Crippen LogP contribution >= 0.6 is 22.6 Å². The molecule has 0 saturated carbocycles. The Morgan fingerprint density at radius 2 is 2.57 bits per heavy atom. The molecule has 1 rings (SSSR count). The second-order valence-corrected chi connectivity index (χ2v) is 2.37. The maximum Gasteiger partial charge on any atom is 0.331 e. The van der Waals surface area contributed by atoms with Gasteiger partial charge in [0.05, 0.1) is 0 Å². The summed E-state index contributed by atoms with van der Waals surface area (Å²) in [6.45, 7) is 0. The number of esters is 1. The third-order valence-corrected chi connectivity index (χ3v) is 1.28. The van der Waals surface area contributed by atoms with Crippen molar-refractivity contribution >= 4 is 28.6 Å². The zero-order chi connectivity index (χ0) is 5.28. The number of carbonyl (C=O) groups is 1. The Balaban J connectivity index is 2.58. The highest BCUT2D eigenvalue weighted by molar-refractivity contribution is 14.1. The second kappa shape index (κ2) is 1.81. The summed E-state index contributed by atoms with van der Waals surface area (Å²) in [5.41, 5.74) is 0. The summed E-state index contributed by atoms with van der Waals surface area (Å²) in [5, 5.41) is 0. The maximum absolute atomic E-state index is 10.1. The molecule has 1 aliphatic heterocycles. The molecule has 1 unspecified atom stereocenters. The maximum atomic E-state index is 10.1. The summed E-state index contributed by atoms with van der Waals surface area (Å²) in [7, 11) is 0. The quantitative estimate of drug-likeness (QED) is 0.336. The van der Waals surface area contributed by atoms with E-state index in [-0.39, 0.29) is 10.1 Å². The van der Waals surface area contributed by atoms with E-state index in [1.165, 1.54) is 6.08 Å². The molecule has 0 radical (unpaired) electrons. The molecule has 0 amide bonds. The van der Waals surface area contributed by atoms with Crippen molar-refractivity contribution in [2.45, 2.75) is 4.11 Å². The van der Waals surface area contributed by atoms with Gasteiger partial charge < -0.3 is 4.74 Å². The molecule has 0 saturated heterocycles. The first-order valence-electron chi connectivity index (χ1n) is 1.82. The second-order valence-electron chi connectivity index (χ2n) is 1.15. The SMILES string of the molecule is O=C1C=CC(I)O1. The van der Waals surface area contributed by atoms with Crippen molar-refractivity contribution in [1.29, 1.82) is 0 Å². The first-order chi connectivity index (χ1) is 3.29. The van der Waals surface area contributed by atoms with Crippen molar-refractivity contribution in [1.82, 2.24) is 0 Å². The molecule has 1 atom stereocenters. The molecule has 1 aliphatic rings. The van der Waals surface area contributed by atoms with E-state index < -0.39 is 0 Å². The molecule has 0 aromatic rings. The van der Waals surface area contributed by atoms with E-state index in [0.29, 0.717) is 0 Å². The van der Waals surface area contributed by atoms with Gasteiger partial charge in [0.25, 0.3) is 0 Å². The van der Waals surface area contributed by atoms with Crippen molar-refractivity contribution in [3.63, 3.8) is 0 Å². The summed E-state index contributed by atoms with van der Waals surface area (Å²) in [4.78, 5) is 10.1. The third kappa shape index (κ3) is 1.15. The molecule has 0 fully saturated rings. The van der Waals surface area contributed by atoms with E-state index in [4.69, 9.17) is 0 Å². The molecule has 3 heteroatoms.